The van der Waals surface area contributed by atoms with Crippen LogP contribution in [0.2, 0.25) is 0 Å². The van der Waals surface area contributed by atoms with E-state index in [1.807, 2.05) is 26.8 Å². The van der Waals surface area contributed by atoms with Crippen molar-refractivity contribution in [1.82, 2.24) is 0 Å². The van der Waals surface area contributed by atoms with Crippen LogP contribution in [0.1, 0.15) is 34.1 Å². The van der Waals surface area contributed by atoms with Gasteiger partial charge in [-0.15, -0.1) is 6.58 Å². The highest BCUT2D eigenvalue weighted by molar-refractivity contribution is 5.89. The van der Waals surface area contributed by atoms with E-state index in [-0.39, 0.29) is 16.7 Å². The molecule has 2 unspecified atom stereocenters. The number of carbonyl (C=O) groups is 1. The second-order valence-corrected chi connectivity index (χ2v) is 5.08. The van der Waals surface area contributed by atoms with Crippen LogP contribution in [0, 0.1) is 16.7 Å². The lowest BCUT2D eigenvalue weighted by molar-refractivity contribution is -0.128. The lowest BCUT2D eigenvalue weighted by atomic mass is 9.85. The fraction of sp³-hybridized carbons (Fsp3) is 0.727. The van der Waals surface area contributed by atoms with E-state index in [4.69, 9.17) is 0 Å². The van der Waals surface area contributed by atoms with Gasteiger partial charge in [0.1, 0.15) is 5.78 Å². The molecule has 0 aliphatic heterocycles. The van der Waals surface area contributed by atoms with Crippen molar-refractivity contribution >= 4 is 5.78 Å². The molecule has 1 fully saturated rings. The van der Waals surface area contributed by atoms with Gasteiger partial charge in [-0.1, -0.05) is 33.8 Å². The molecule has 12 heavy (non-hydrogen) atoms. The van der Waals surface area contributed by atoms with Crippen molar-refractivity contribution in [2.24, 2.45) is 16.7 Å². The van der Waals surface area contributed by atoms with Crippen LogP contribution in [0.15, 0.2) is 12.7 Å². The molecule has 1 aliphatic carbocycles. The Kier molecular flexibility index (Phi) is 1.94. The average molecular weight is 166 g/mol. The molecule has 1 nitrogen and oxygen atoms in total. The van der Waals surface area contributed by atoms with Gasteiger partial charge in [0.15, 0.2) is 0 Å². The Morgan fingerprint density at radius 2 is 2.08 bits per heavy atom. The molecule has 0 radical (unpaired) electrons. The summed E-state index contributed by atoms with van der Waals surface area (Å²) < 4.78 is 0. The molecule has 1 aliphatic rings. The maximum Gasteiger partial charge on any atom is 0.142 e. The number of allylic oxidation sites excluding steroid dienone is 1. The summed E-state index contributed by atoms with van der Waals surface area (Å²) in [6.07, 6.45) is 2.91. The maximum atomic E-state index is 11.8. The Morgan fingerprint density at radius 3 is 2.33 bits per heavy atom. The Labute approximate surface area is 74.9 Å². The van der Waals surface area contributed by atoms with E-state index in [2.05, 4.69) is 13.5 Å². The molecule has 0 aromatic carbocycles. The first-order chi connectivity index (χ1) is 5.31. The SMILES string of the molecule is C=CC1(C)CC1C(=O)C(C)(C)C. The van der Waals surface area contributed by atoms with Gasteiger partial charge in [0.05, 0.1) is 0 Å². The van der Waals surface area contributed by atoms with Crippen LogP contribution in [0.25, 0.3) is 0 Å². The highest BCUT2D eigenvalue weighted by atomic mass is 16.1. The molecule has 0 heterocycles. The Hall–Kier alpha value is -0.590. The number of carbonyl (C=O) groups excluding carboxylic acids is 1. The lowest BCUT2D eigenvalue weighted by Gasteiger charge is -2.17. The summed E-state index contributed by atoms with van der Waals surface area (Å²) in [4.78, 5) is 11.8. The van der Waals surface area contributed by atoms with Crippen LogP contribution in [0.3, 0.4) is 0 Å². The first-order valence-electron chi connectivity index (χ1n) is 4.49. The molecule has 0 saturated heterocycles. The Balaban J connectivity index is 2.66. The van der Waals surface area contributed by atoms with Gasteiger partial charge < -0.3 is 0 Å². The lowest BCUT2D eigenvalue weighted by Crippen LogP contribution is -2.23. The van der Waals surface area contributed by atoms with E-state index in [1.54, 1.807) is 0 Å². The smallest absolute Gasteiger partial charge is 0.142 e. The first-order valence-corrected chi connectivity index (χ1v) is 4.49. The zero-order valence-corrected chi connectivity index (χ0v) is 8.48. The average Bonchev–Trinajstić information content (AvgIpc) is 2.60. The van der Waals surface area contributed by atoms with E-state index < -0.39 is 0 Å². The van der Waals surface area contributed by atoms with Crippen LogP contribution in [-0.4, -0.2) is 5.78 Å². The van der Waals surface area contributed by atoms with Crippen molar-refractivity contribution in [2.75, 3.05) is 0 Å². The zero-order valence-electron chi connectivity index (χ0n) is 8.48. The van der Waals surface area contributed by atoms with Gasteiger partial charge in [-0.05, 0) is 11.8 Å². The molecule has 0 bridgehead atoms. The summed E-state index contributed by atoms with van der Waals surface area (Å²) in [5.41, 5.74) is -0.0875. The number of rotatable bonds is 2. The quantitative estimate of drug-likeness (QED) is 0.576. The minimum absolute atomic E-state index is 0.102. The van der Waals surface area contributed by atoms with Crippen LogP contribution in [0.4, 0.5) is 0 Å². The van der Waals surface area contributed by atoms with Gasteiger partial charge in [-0.25, -0.2) is 0 Å². The van der Waals surface area contributed by atoms with Crippen molar-refractivity contribution in [2.45, 2.75) is 34.1 Å². The van der Waals surface area contributed by atoms with Crippen molar-refractivity contribution in [3.63, 3.8) is 0 Å². The van der Waals surface area contributed by atoms with E-state index in [9.17, 15) is 4.79 Å². The molecule has 1 heteroatoms. The molecule has 0 N–H and O–H groups in total. The predicted molar refractivity (Wildman–Crippen MR) is 50.9 cm³/mol. The topological polar surface area (TPSA) is 17.1 Å². The third-order valence-electron chi connectivity index (χ3n) is 2.80. The second kappa shape index (κ2) is 2.45. The largest absolute Gasteiger partial charge is 0.299 e. The zero-order chi connectivity index (χ0) is 9.57. The predicted octanol–water partition coefficient (Wildman–Crippen LogP) is 2.81. The van der Waals surface area contributed by atoms with Crippen LogP contribution in [0.5, 0.6) is 0 Å². The van der Waals surface area contributed by atoms with Gasteiger partial charge in [0.2, 0.25) is 0 Å². The van der Waals surface area contributed by atoms with Gasteiger partial charge in [0.25, 0.3) is 0 Å². The summed E-state index contributed by atoms with van der Waals surface area (Å²) in [6.45, 7) is 11.8. The van der Waals surface area contributed by atoms with E-state index in [0.29, 0.717) is 5.78 Å². The Bertz CT molecular complexity index is 222. The van der Waals surface area contributed by atoms with E-state index in [0.717, 1.165) is 6.42 Å². The highest BCUT2D eigenvalue weighted by Gasteiger charge is 2.54. The third-order valence-corrected chi connectivity index (χ3v) is 2.80. The first kappa shape index (κ1) is 9.50. The van der Waals surface area contributed by atoms with Crippen molar-refractivity contribution < 1.29 is 4.79 Å². The van der Waals surface area contributed by atoms with Crippen molar-refractivity contribution in [3.8, 4) is 0 Å². The minimum atomic E-state index is -0.189. The second-order valence-electron chi connectivity index (χ2n) is 5.08. The van der Waals surface area contributed by atoms with E-state index in [1.165, 1.54) is 0 Å². The fourth-order valence-electron chi connectivity index (χ4n) is 1.52. The standard InChI is InChI=1S/C11H18O/c1-6-11(5)7-8(11)9(12)10(2,3)4/h6,8H,1,7H2,2-5H3. The molecule has 2 atom stereocenters. The summed E-state index contributed by atoms with van der Waals surface area (Å²) in [5.74, 6) is 0.611. The van der Waals surface area contributed by atoms with Gasteiger partial charge in [-0.3, -0.25) is 4.79 Å². The molecule has 68 valence electrons. The minimum Gasteiger partial charge on any atom is -0.299 e. The monoisotopic (exact) mass is 166 g/mol. The van der Waals surface area contributed by atoms with Gasteiger partial charge in [0, 0.05) is 11.3 Å². The molecule has 0 amide bonds. The van der Waals surface area contributed by atoms with E-state index >= 15 is 0 Å². The number of ketones is 1. The number of hydrogen-bond donors (Lipinski definition) is 0. The normalized spacial score (nSPS) is 34.5. The third kappa shape index (κ3) is 1.45. The van der Waals surface area contributed by atoms with Crippen LogP contribution < -0.4 is 0 Å². The number of Topliss-reactive ketones (excluding diaryl/α,β-unsaturated/α-hetero) is 1. The van der Waals surface area contributed by atoms with Crippen LogP contribution >= 0.6 is 0 Å². The molecular weight excluding hydrogens is 148 g/mol. The fourth-order valence-corrected chi connectivity index (χ4v) is 1.52. The Morgan fingerprint density at radius 1 is 1.58 bits per heavy atom. The molecule has 0 aromatic heterocycles. The molecule has 0 spiro atoms. The molecule has 1 saturated carbocycles. The maximum absolute atomic E-state index is 11.8. The summed E-state index contributed by atoms with van der Waals surface area (Å²) in [6, 6.07) is 0. The van der Waals surface area contributed by atoms with Crippen LogP contribution in [-0.2, 0) is 4.79 Å². The van der Waals surface area contributed by atoms with Gasteiger partial charge in [-0.2, -0.15) is 0 Å². The van der Waals surface area contributed by atoms with Crippen molar-refractivity contribution in [3.05, 3.63) is 12.7 Å². The molecular formula is C11H18O. The van der Waals surface area contributed by atoms with Gasteiger partial charge >= 0.3 is 0 Å². The molecule has 0 aromatic rings. The number of hydrogen-bond acceptors (Lipinski definition) is 1. The van der Waals surface area contributed by atoms with Crippen molar-refractivity contribution in [1.29, 1.82) is 0 Å². The summed E-state index contributed by atoms with van der Waals surface area (Å²) >= 11 is 0. The summed E-state index contributed by atoms with van der Waals surface area (Å²) in [5, 5.41) is 0. The summed E-state index contributed by atoms with van der Waals surface area (Å²) in [7, 11) is 0. The highest BCUT2D eigenvalue weighted by Crippen LogP contribution is 2.55. The molecule has 1 rings (SSSR count).